The third-order valence-electron chi connectivity index (χ3n) is 3.41. The Balaban J connectivity index is 2.14. The zero-order valence-electron chi connectivity index (χ0n) is 12.9. The van der Waals surface area contributed by atoms with Crippen LogP contribution in [0, 0.1) is 13.8 Å². The highest BCUT2D eigenvalue weighted by Crippen LogP contribution is 2.19. The van der Waals surface area contributed by atoms with Gasteiger partial charge in [-0.25, -0.2) is 4.98 Å². The van der Waals surface area contributed by atoms with E-state index in [4.69, 9.17) is 0 Å². The topological polar surface area (TPSA) is 45.2 Å². The van der Waals surface area contributed by atoms with E-state index in [1.54, 1.807) is 16.2 Å². The fourth-order valence-corrected chi connectivity index (χ4v) is 3.02. The normalized spacial score (nSPS) is 10.5. The Morgan fingerprint density at radius 2 is 2.14 bits per heavy atom. The molecule has 0 radical (unpaired) electrons. The van der Waals surface area contributed by atoms with Crippen LogP contribution in [0.5, 0.6) is 0 Å². The molecule has 0 aliphatic carbocycles. The van der Waals surface area contributed by atoms with Gasteiger partial charge in [-0.3, -0.25) is 4.79 Å². The second kappa shape index (κ2) is 6.72. The minimum Gasteiger partial charge on any atom is -0.385 e. The molecule has 0 spiro atoms. The molecule has 0 aliphatic rings. The van der Waals surface area contributed by atoms with Crippen molar-refractivity contribution in [2.45, 2.75) is 27.3 Å². The van der Waals surface area contributed by atoms with Gasteiger partial charge >= 0.3 is 0 Å². The van der Waals surface area contributed by atoms with Crippen molar-refractivity contribution in [3.8, 4) is 0 Å². The molecule has 5 heteroatoms. The Bertz CT molecular complexity index is 636. The fraction of sp³-hybridized carbons (Fsp3) is 0.375. The number of rotatable bonds is 5. The number of aromatic nitrogens is 1. The number of aryl methyl sites for hydroxylation is 2. The van der Waals surface area contributed by atoms with Gasteiger partial charge in [0, 0.05) is 29.7 Å². The van der Waals surface area contributed by atoms with Gasteiger partial charge in [-0.2, -0.15) is 0 Å². The molecule has 0 atom stereocenters. The third-order valence-corrected chi connectivity index (χ3v) is 4.33. The maximum absolute atomic E-state index is 12.6. The van der Waals surface area contributed by atoms with Gasteiger partial charge in [-0.05, 0) is 44.5 Å². The molecule has 1 N–H and O–H groups in total. The average molecular weight is 303 g/mol. The quantitative estimate of drug-likeness (QED) is 0.920. The van der Waals surface area contributed by atoms with Crippen LogP contribution in [0.1, 0.15) is 33.4 Å². The second-order valence-corrected chi connectivity index (χ2v) is 6.02. The summed E-state index contributed by atoms with van der Waals surface area (Å²) < 4.78 is 0. The molecule has 1 heterocycles. The summed E-state index contributed by atoms with van der Waals surface area (Å²) in [5, 5.41) is 3.26. The first kappa shape index (κ1) is 15.5. The summed E-state index contributed by atoms with van der Waals surface area (Å²) in [6, 6.07) is 5.86. The predicted molar refractivity (Wildman–Crippen MR) is 88.0 cm³/mol. The SMILES string of the molecule is CCNc1ccc(C(=O)N(C)Cc2scnc2C)c(C)c1. The van der Waals surface area contributed by atoms with Crippen molar-refractivity contribution < 1.29 is 4.79 Å². The molecule has 0 bridgehead atoms. The molecule has 0 aliphatic heterocycles. The lowest BCUT2D eigenvalue weighted by Gasteiger charge is -2.18. The van der Waals surface area contributed by atoms with E-state index in [9.17, 15) is 4.79 Å². The summed E-state index contributed by atoms with van der Waals surface area (Å²) in [5.74, 6) is 0.0448. The molecule has 1 amide bonds. The maximum atomic E-state index is 12.6. The van der Waals surface area contributed by atoms with E-state index in [1.165, 1.54) is 0 Å². The van der Waals surface area contributed by atoms with Crippen LogP contribution in [0.25, 0.3) is 0 Å². The van der Waals surface area contributed by atoms with E-state index < -0.39 is 0 Å². The number of amides is 1. The van der Waals surface area contributed by atoms with Gasteiger partial charge in [0.05, 0.1) is 17.7 Å². The van der Waals surface area contributed by atoms with Crippen molar-refractivity contribution in [1.82, 2.24) is 9.88 Å². The summed E-state index contributed by atoms with van der Waals surface area (Å²) in [5.41, 5.74) is 5.61. The lowest BCUT2D eigenvalue weighted by molar-refractivity contribution is 0.0785. The van der Waals surface area contributed by atoms with E-state index >= 15 is 0 Å². The Hall–Kier alpha value is -1.88. The number of carbonyl (C=O) groups excluding carboxylic acids is 1. The fourth-order valence-electron chi connectivity index (χ4n) is 2.19. The zero-order chi connectivity index (χ0) is 15.4. The van der Waals surface area contributed by atoms with Gasteiger partial charge in [0.2, 0.25) is 0 Å². The van der Waals surface area contributed by atoms with Crippen molar-refractivity contribution in [1.29, 1.82) is 0 Å². The van der Waals surface area contributed by atoms with Crippen molar-refractivity contribution in [2.75, 3.05) is 18.9 Å². The maximum Gasteiger partial charge on any atom is 0.254 e. The van der Waals surface area contributed by atoms with E-state index in [1.807, 2.05) is 44.6 Å². The highest BCUT2D eigenvalue weighted by Gasteiger charge is 2.16. The lowest BCUT2D eigenvalue weighted by atomic mass is 10.1. The standard InChI is InChI=1S/C16H21N3OS/c1-5-17-13-6-7-14(11(2)8-13)16(20)19(4)9-15-12(3)18-10-21-15/h6-8,10,17H,5,9H2,1-4H3. The molecular formula is C16H21N3OS. The highest BCUT2D eigenvalue weighted by atomic mass is 32.1. The first-order valence-electron chi connectivity index (χ1n) is 7.02. The monoisotopic (exact) mass is 303 g/mol. The summed E-state index contributed by atoms with van der Waals surface area (Å²) in [6.07, 6.45) is 0. The molecule has 0 saturated heterocycles. The molecule has 1 aromatic heterocycles. The highest BCUT2D eigenvalue weighted by molar-refractivity contribution is 7.09. The summed E-state index contributed by atoms with van der Waals surface area (Å²) >= 11 is 1.59. The van der Waals surface area contributed by atoms with Crippen LogP contribution in [0.15, 0.2) is 23.7 Å². The molecule has 112 valence electrons. The van der Waals surface area contributed by atoms with Crippen LogP contribution in [0.4, 0.5) is 5.69 Å². The molecule has 0 fully saturated rings. The largest absolute Gasteiger partial charge is 0.385 e. The van der Waals surface area contributed by atoms with Crippen molar-refractivity contribution >= 4 is 22.9 Å². The van der Waals surface area contributed by atoms with Crippen LogP contribution in [-0.2, 0) is 6.54 Å². The number of nitrogens with one attached hydrogen (secondary N) is 1. The zero-order valence-corrected chi connectivity index (χ0v) is 13.8. The minimum absolute atomic E-state index is 0.0448. The van der Waals surface area contributed by atoms with Crippen molar-refractivity contribution in [3.63, 3.8) is 0 Å². The smallest absolute Gasteiger partial charge is 0.254 e. The summed E-state index contributed by atoms with van der Waals surface area (Å²) in [4.78, 5) is 19.7. The predicted octanol–water partition coefficient (Wildman–Crippen LogP) is 3.46. The van der Waals surface area contributed by atoms with Crippen LogP contribution in [-0.4, -0.2) is 29.4 Å². The Kier molecular flexibility index (Phi) is 4.96. The number of hydrogen-bond acceptors (Lipinski definition) is 4. The van der Waals surface area contributed by atoms with Gasteiger partial charge in [-0.15, -0.1) is 11.3 Å². The Labute approximate surface area is 129 Å². The molecule has 0 unspecified atom stereocenters. The third kappa shape index (κ3) is 3.61. The molecule has 2 rings (SSSR count). The van der Waals surface area contributed by atoms with E-state index in [0.717, 1.165) is 33.9 Å². The molecule has 4 nitrogen and oxygen atoms in total. The second-order valence-electron chi connectivity index (χ2n) is 5.08. The van der Waals surface area contributed by atoms with Crippen LogP contribution in [0.2, 0.25) is 0 Å². The first-order valence-corrected chi connectivity index (χ1v) is 7.89. The number of nitrogens with zero attached hydrogens (tertiary/aromatic N) is 2. The van der Waals surface area contributed by atoms with E-state index in [2.05, 4.69) is 17.2 Å². The van der Waals surface area contributed by atoms with Gasteiger partial charge < -0.3 is 10.2 Å². The van der Waals surface area contributed by atoms with Gasteiger partial charge in [0.15, 0.2) is 0 Å². The summed E-state index contributed by atoms with van der Waals surface area (Å²) in [6.45, 7) is 7.47. The molecule has 1 aromatic carbocycles. The Morgan fingerprint density at radius 1 is 1.38 bits per heavy atom. The van der Waals surface area contributed by atoms with E-state index in [-0.39, 0.29) is 5.91 Å². The Morgan fingerprint density at radius 3 is 2.71 bits per heavy atom. The van der Waals surface area contributed by atoms with Crippen LogP contribution in [0.3, 0.4) is 0 Å². The number of thiazole rings is 1. The summed E-state index contributed by atoms with van der Waals surface area (Å²) in [7, 11) is 1.83. The minimum atomic E-state index is 0.0448. The number of benzene rings is 1. The van der Waals surface area contributed by atoms with Crippen molar-refractivity contribution in [2.24, 2.45) is 0 Å². The van der Waals surface area contributed by atoms with Crippen molar-refractivity contribution in [3.05, 3.63) is 45.4 Å². The number of hydrogen-bond donors (Lipinski definition) is 1. The van der Waals surface area contributed by atoms with Crippen LogP contribution < -0.4 is 5.32 Å². The van der Waals surface area contributed by atoms with E-state index in [0.29, 0.717) is 6.54 Å². The average Bonchev–Trinajstić information content (AvgIpc) is 2.84. The molecule has 2 aromatic rings. The molecular weight excluding hydrogens is 282 g/mol. The lowest BCUT2D eigenvalue weighted by Crippen LogP contribution is -2.26. The van der Waals surface area contributed by atoms with Crippen LogP contribution >= 0.6 is 11.3 Å². The number of carbonyl (C=O) groups is 1. The first-order chi connectivity index (χ1) is 10.0. The van der Waals surface area contributed by atoms with Gasteiger partial charge in [-0.1, -0.05) is 0 Å². The van der Waals surface area contributed by atoms with Gasteiger partial charge in [0.1, 0.15) is 0 Å². The number of anilines is 1. The molecule has 21 heavy (non-hydrogen) atoms. The van der Waals surface area contributed by atoms with Gasteiger partial charge in [0.25, 0.3) is 5.91 Å². The molecule has 0 saturated carbocycles.